The van der Waals surface area contributed by atoms with Crippen molar-refractivity contribution in [1.82, 2.24) is 15.2 Å². The topological polar surface area (TPSA) is 105 Å². The molecule has 2 heterocycles. The summed E-state index contributed by atoms with van der Waals surface area (Å²) in [5.74, 6) is -1.70. The van der Waals surface area contributed by atoms with Crippen molar-refractivity contribution in [3.8, 4) is 0 Å². The van der Waals surface area contributed by atoms with E-state index in [0.29, 0.717) is 11.3 Å². The van der Waals surface area contributed by atoms with E-state index < -0.39 is 35.7 Å². The second kappa shape index (κ2) is 6.74. The van der Waals surface area contributed by atoms with Gasteiger partial charge in [-0.15, -0.1) is 0 Å². The third-order valence-corrected chi connectivity index (χ3v) is 4.52. The molecule has 1 aromatic carbocycles. The zero-order valence-corrected chi connectivity index (χ0v) is 16.0. The molecule has 4 amide bonds. The molecule has 148 valence electrons. The van der Waals surface area contributed by atoms with Crippen LogP contribution in [0.15, 0.2) is 34.9 Å². The third kappa shape index (κ3) is 3.60. The number of halogens is 1. The van der Waals surface area contributed by atoms with E-state index in [4.69, 9.17) is 4.42 Å². The lowest BCUT2D eigenvalue weighted by molar-refractivity contribution is -0.133. The second-order valence-electron chi connectivity index (χ2n) is 7.79. The molecule has 1 aromatic heterocycles. The standard InChI is InChI=1S/C19H21FN4O4/c1-18(2,3)13-10-28-16(21-13)22-14(25)9-24-15(26)19(4,23-17(24)27)11-5-7-12(20)8-6-11/h5-8,10H,9H2,1-4H3,(H,23,27)(H,21,22,25). The van der Waals surface area contributed by atoms with E-state index in [1.807, 2.05) is 20.8 Å². The van der Waals surface area contributed by atoms with Gasteiger partial charge in [-0.2, -0.15) is 4.98 Å². The highest BCUT2D eigenvalue weighted by Gasteiger charge is 2.49. The molecule has 1 aliphatic rings. The van der Waals surface area contributed by atoms with Crippen molar-refractivity contribution in [1.29, 1.82) is 0 Å². The average Bonchev–Trinajstić information content (AvgIpc) is 3.15. The van der Waals surface area contributed by atoms with E-state index in [2.05, 4.69) is 15.6 Å². The molecule has 1 atom stereocenters. The number of nitrogens with zero attached hydrogens (tertiary/aromatic N) is 2. The van der Waals surface area contributed by atoms with Crippen molar-refractivity contribution < 1.29 is 23.2 Å². The molecule has 1 unspecified atom stereocenters. The van der Waals surface area contributed by atoms with Gasteiger partial charge >= 0.3 is 12.0 Å². The number of carbonyl (C=O) groups is 3. The Kier molecular flexibility index (Phi) is 4.70. The molecular formula is C19H21FN4O4. The molecule has 0 aliphatic carbocycles. The number of hydrogen-bond donors (Lipinski definition) is 2. The number of carbonyl (C=O) groups excluding carboxylic acids is 3. The van der Waals surface area contributed by atoms with Crippen LogP contribution in [0.4, 0.5) is 15.2 Å². The molecule has 1 aliphatic heterocycles. The maximum atomic E-state index is 13.2. The molecule has 2 aromatic rings. The summed E-state index contributed by atoms with van der Waals surface area (Å²) >= 11 is 0. The molecule has 1 saturated heterocycles. The van der Waals surface area contributed by atoms with Crippen LogP contribution < -0.4 is 10.6 Å². The third-order valence-electron chi connectivity index (χ3n) is 4.52. The Hall–Kier alpha value is -3.23. The van der Waals surface area contributed by atoms with Crippen molar-refractivity contribution in [2.45, 2.75) is 38.6 Å². The maximum Gasteiger partial charge on any atom is 0.325 e. The van der Waals surface area contributed by atoms with Gasteiger partial charge in [0, 0.05) is 5.41 Å². The number of benzene rings is 1. The molecular weight excluding hydrogens is 367 g/mol. The molecule has 0 spiro atoms. The number of anilines is 1. The summed E-state index contributed by atoms with van der Waals surface area (Å²) < 4.78 is 18.4. The molecule has 1 fully saturated rings. The summed E-state index contributed by atoms with van der Waals surface area (Å²) in [6, 6.07) is 4.50. The molecule has 0 bridgehead atoms. The van der Waals surface area contributed by atoms with Crippen molar-refractivity contribution >= 4 is 23.9 Å². The minimum absolute atomic E-state index is 0.0109. The Labute approximate surface area is 161 Å². The number of amides is 4. The molecule has 28 heavy (non-hydrogen) atoms. The number of imide groups is 1. The van der Waals surface area contributed by atoms with Gasteiger partial charge in [0.15, 0.2) is 0 Å². The van der Waals surface area contributed by atoms with Crippen LogP contribution in [0.2, 0.25) is 0 Å². The Balaban J connectivity index is 1.71. The van der Waals surface area contributed by atoms with Crippen molar-refractivity contribution in [2.75, 3.05) is 11.9 Å². The Morgan fingerprint density at radius 2 is 1.93 bits per heavy atom. The van der Waals surface area contributed by atoms with Crippen LogP contribution in [0, 0.1) is 5.82 Å². The summed E-state index contributed by atoms with van der Waals surface area (Å²) in [5, 5.41) is 4.99. The zero-order chi connectivity index (χ0) is 20.7. The van der Waals surface area contributed by atoms with Crippen LogP contribution >= 0.6 is 0 Å². The van der Waals surface area contributed by atoms with E-state index >= 15 is 0 Å². The van der Waals surface area contributed by atoms with Gasteiger partial charge < -0.3 is 9.73 Å². The van der Waals surface area contributed by atoms with Gasteiger partial charge in [0.25, 0.3) is 5.91 Å². The largest absolute Gasteiger partial charge is 0.432 e. The summed E-state index contributed by atoms with van der Waals surface area (Å²) in [6.45, 7) is 6.83. The average molecular weight is 388 g/mol. The van der Waals surface area contributed by atoms with E-state index in [1.165, 1.54) is 37.5 Å². The van der Waals surface area contributed by atoms with Gasteiger partial charge in [0.05, 0.1) is 5.69 Å². The summed E-state index contributed by atoms with van der Waals surface area (Å²) in [4.78, 5) is 42.3. The van der Waals surface area contributed by atoms with Gasteiger partial charge in [-0.3, -0.25) is 19.8 Å². The number of aromatic nitrogens is 1. The molecule has 2 N–H and O–H groups in total. The predicted octanol–water partition coefficient (Wildman–Crippen LogP) is 2.52. The van der Waals surface area contributed by atoms with E-state index in [9.17, 15) is 18.8 Å². The first-order chi connectivity index (χ1) is 13.0. The first kappa shape index (κ1) is 19.5. The van der Waals surface area contributed by atoms with Crippen LogP contribution in [0.25, 0.3) is 0 Å². The first-order valence-corrected chi connectivity index (χ1v) is 8.67. The van der Waals surface area contributed by atoms with E-state index in [0.717, 1.165) is 4.90 Å². The fourth-order valence-corrected chi connectivity index (χ4v) is 2.80. The van der Waals surface area contributed by atoms with Crippen molar-refractivity contribution in [2.24, 2.45) is 0 Å². The normalized spacial score (nSPS) is 19.7. The quantitative estimate of drug-likeness (QED) is 0.783. The number of urea groups is 1. The molecule has 0 saturated carbocycles. The second-order valence-corrected chi connectivity index (χ2v) is 7.79. The SMILES string of the molecule is CC(C)(C)c1coc(NC(=O)CN2C(=O)NC(C)(c3ccc(F)cc3)C2=O)n1. The molecule has 9 heteroatoms. The Bertz CT molecular complexity index is 932. The van der Waals surface area contributed by atoms with Crippen LogP contribution in [0.5, 0.6) is 0 Å². The smallest absolute Gasteiger partial charge is 0.325 e. The van der Waals surface area contributed by atoms with Crippen LogP contribution in [-0.4, -0.2) is 34.3 Å². The fourth-order valence-electron chi connectivity index (χ4n) is 2.80. The predicted molar refractivity (Wildman–Crippen MR) is 97.8 cm³/mol. The minimum atomic E-state index is -1.38. The molecule has 8 nitrogen and oxygen atoms in total. The van der Waals surface area contributed by atoms with E-state index in [-0.39, 0.29) is 11.4 Å². The summed E-state index contributed by atoms with van der Waals surface area (Å²) in [5.41, 5.74) is -0.568. The highest BCUT2D eigenvalue weighted by molar-refractivity contribution is 6.10. The first-order valence-electron chi connectivity index (χ1n) is 8.67. The van der Waals surface area contributed by atoms with Gasteiger partial charge in [0.2, 0.25) is 5.91 Å². The summed E-state index contributed by atoms with van der Waals surface area (Å²) in [6.07, 6.45) is 1.44. The fraction of sp³-hybridized carbons (Fsp3) is 0.368. The summed E-state index contributed by atoms with van der Waals surface area (Å²) in [7, 11) is 0. The van der Waals surface area contributed by atoms with Crippen molar-refractivity contribution in [3.63, 3.8) is 0 Å². The van der Waals surface area contributed by atoms with Crippen LogP contribution in [0.3, 0.4) is 0 Å². The number of rotatable bonds is 4. The number of oxazole rings is 1. The van der Waals surface area contributed by atoms with E-state index in [1.54, 1.807) is 0 Å². The molecule has 3 rings (SSSR count). The Morgan fingerprint density at radius 1 is 1.29 bits per heavy atom. The maximum absolute atomic E-state index is 13.2. The number of nitrogens with one attached hydrogen (secondary N) is 2. The number of hydrogen-bond acceptors (Lipinski definition) is 5. The van der Waals surface area contributed by atoms with Crippen molar-refractivity contribution in [3.05, 3.63) is 47.6 Å². The van der Waals surface area contributed by atoms with Gasteiger partial charge in [-0.25, -0.2) is 9.18 Å². The zero-order valence-electron chi connectivity index (χ0n) is 16.0. The highest BCUT2D eigenvalue weighted by atomic mass is 19.1. The lowest BCUT2D eigenvalue weighted by Gasteiger charge is -2.22. The monoisotopic (exact) mass is 388 g/mol. The molecule has 0 radical (unpaired) electrons. The lowest BCUT2D eigenvalue weighted by Crippen LogP contribution is -2.42. The van der Waals surface area contributed by atoms with Gasteiger partial charge in [-0.05, 0) is 24.6 Å². The van der Waals surface area contributed by atoms with Crippen LogP contribution in [0.1, 0.15) is 39.0 Å². The van der Waals surface area contributed by atoms with Crippen LogP contribution in [-0.2, 0) is 20.5 Å². The lowest BCUT2D eigenvalue weighted by atomic mass is 9.92. The van der Waals surface area contributed by atoms with Gasteiger partial charge in [-0.1, -0.05) is 32.9 Å². The van der Waals surface area contributed by atoms with Gasteiger partial charge in [0.1, 0.15) is 24.2 Å². The minimum Gasteiger partial charge on any atom is -0.432 e. The Morgan fingerprint density at radius 3 is 2.50 bits per heavy atom. The highest BCUT2D eigenvalue weighted by Crippen LogP contribution is 2.29.